The van der Waals surface area contributed by atoms with Crippen molar-refractivity contribution in [2.24, 2.45) is 10.8 Å². The monoisotopic (exact) mass is 890 g/mol. The minimum Gasteiger partial charge on any atom is -0.488 e. The van der Waals surface area contributed by atoms with Crippen LogP contribution in [0.25, 0.3) is 33.6 Å². The number of alkyl carbamates (subject to hydrolysis) is 2. The Morgan fingerprint density at radius 3 is 1.44 bits per heavy atom. The van der Waals surface area contributed by atoms with Crippen LogP contribution in [0.1, 0.15) is 102 Å². The topological polar surface area (TPSA) is 193 Å². The third-order valence-corrected chi connectivity index (χ3v) is 12.7. The number of methoxy groups -OCH3 is 2. The molecule has 0 spiro atoms. The van der Waals surface area contributed by atoms with Gasteiger partial charge in [-0.2, -0.15) is 0 Å². The highest BCUT2D eigenvalue weighted by molar-refractivity contribution is 6.32. The Hall–Kier alpha value is -5.48. The number of amides is 4. The minimum atomic E-state index is -0.810. The van der Waals surface area contributed by atoms with Crippen molar-refractivity contribution in [1.29, 1.82) is 0 Å². The normalized spacial score (nSPS) is 18.9. The van der Waals surface area contributed by atoms with Crippen LogP contribution in [0.15, 0.2) is 24.3 Å². The molecule has 0 aliphatic carbocycles. The van der Waals surface area contributed by atoms with Crippen LogP contribution in [0.4, 0.5) is 9.59 Å². The van der Waals surface area contributed by atoms with Crippen molar-refractivity contribution in [1.82, 2.24) is 40.4 Å². The number of hydrogen-bond donors (Lipinski definition) is 4. The lowest BCUT2D eigenvalue weighted by atomic mass is 9.85. The number of benzene rings is 2. The number of rotatable bonds is 8. The van der Waals surface area contributed by atoms with E-state index in [2.05, 4.69) is 20.6 Å². The summed E-state index contributed by atoms with van der Waals surface area (Å²) in [7, 11) is 2.54. The van der Waals surface area contributed by atoms with Gasteiger partial charge in [-0.05, 0) is 60.8 Å². The van der Waals surface area contributed by atoms with Gasteiger partial charge in [0.05, 0.1) is 26.3 Å². The number of hydrogen-bond acceptors (Lipinski definition) is 10. The Morgan fingerprint density at radius 2 is 1.08 bits per heavy atom. The van der Waals surface area contributed by atoms with Crippen LogP contribution < -0.4 is 20.1 Å². The fourth-order valence-electron chi connectivity index (χ4n) is 9.00. The number of carbonyl (C=O) groups excluding carboxylic acids is 4. The smallest absolute Gasteiger partial charge is 0.407 e. The lowest BCUT2D eigenvalue weighted by molar-refractivity contribution is -0.137. The SMILES string of the molecule is COC(=O)N[C@H](C(=O)N1CCC[C@H]1c1nc(-c2cc3c4c(c2)OCc2cc(-c5nc([C@@H]6CCCN6C(=O)[C@@H](NC(=O)OC)C(C)(C)C)[nH]c5Cl)cc(c2-4)OC3)c(Cl)[nH]1)C(C)(C)C. The summed E-state index contributed by atoms with van der Waals surface area (Å²) in [6.07, 6.45) is 1.54. The molecule has 4 aliphatic heterocycles. The van der Waals surface area contributed by atoms with E-state index >= 15 is 0 Å². The van der Waals surface area contributed by atoms with Crippen molar-refractivity contribution in [3.63, 3.8) is 0 Å². The molecule has 2 aromatic heterocycles. The Labute approximate surface area is 369 Å². The molecule has 4 N–H and O–H groups in total. The first-order valence-electron chi connectivity index (χ1n) is 20.8. The number of imidazole rings is 2. The van der Waals surface area contributed by atoms with Gasteiger partial charge in [0.15, 0.2) is 0 Å². The summed E-state index contributed by atoms with van der Waals surface area (Å²) in [5, 5.41) is 6.11. The third kappa shape index (κ3) is 7.91. The van der Waals surface area contributed by atoms with Gasteiger partial charge in [0, 0.05) is 46.5 Å². The summed E-state index contributed by atoms with van der Waals surface area (Å²) in [5.41, 5.74) is 5.03. The molecule has 4 amide bonds. The van der Waals surface area contributed by atoms with E-state index in [4.69, 9.17) is 52.1 Å². The van der Waals surface area contributed by atoms with Crippen molar-refractivity contribution in [2.75, 3.05) is 27.3 Å². The van der Waals surface area contributed by atoms with Crippen LogP contribution in [0.2, 0.25) is 10.3 Å². The summed E-state index contributed by atoms with van der Waals surface area (Å²) in [6.45, 7) is 12.9. The summed E-state index contributed by atoms with van der Waals surface area (Å²) in [5.74, 6) is 2.02. The molecule has 330 valence electrons. The highest BCUT2D eigenvalue weighted by atomic mass is 35.5. The van der Waals surface area contributed by atoms with Crippen LogP contribution in [-0.4, -0.2) is 93.1 Å². The first kappa shape index (κ1) is 43.2. The zero-order valence-electron chi connectivity index (χ0n) is 36.1. The Balaban J connectivity index is 1.05. The minimum absolute atomic E-state index is 0.219. The molecule has 4 atom stereocenters. The maximum Gasteiger partial charge on any atom is 0.407 e. The van der Waals surface area contributed by atoms with Gasteiger partial charge in [-0.15, -0.1) is 0 Å². The molecule has 0 radical (unpaired) electrons. The van der Waals surface area contributed by atoms with Crippen molar-refractivity contribution in [3.05, 3.63) is 57.3 Å². The van der Waals surface area contributed by atoms with Crippen molar-refractivity contribution >= 4 is 47.2 Å². The number of halogens is 2. The number of carbonyl (C=O) groups is 4. The molecule has 2 fully saturated rings. The number of nitrogens with one attached hydrogen (secondary N) is 4. The molecule has 0 saturated carbocycles. The van der Waals surface area contributed by atoms with Gasteiger partial charge < -0.3 is 49.3 Å². The van der Waals surface area contributed by atoms with E-state index in [0.717, 1.165) is 46.2 Å². The fourth-order valence-corrected chi connectivity index (χ4v) is 9.50. The van der Waals surface area contributed by atoms with Gasteiger partial charge in [0.2, 0.25) is 11.8 Å². The van der Waals surface area contributed by atoms with Gasteiger partial charge >= 0.3 is 12.2 Å². The summed E-state index contributed by atoms with van der Waals surface area (Å²) >= 11 is 13.7. The van der Waals surface area contributed by atoms with Gasteiger partial charge in [-0.25, -0.2) is 19.6 Å². The van der Waals surface area contributed by atoms with Crippen LogP contribution in [0.3, 0.4) is 0 Å². The molecule has 8 rings (SSSR count). The van der Waals surface area contributed by atoms with E-state index in [-0.39, 0.29) is 37.1 Å². The molecule has 2 aromatic carbocycles. The number of ether oxygens (including phenoxy) is 4. The van der Waals surface area contributed by atoms with E-state index in [9.17, 15) is 19.2 Å². The molecule has 18 heteroatoms. The lowest BCUT2D eigenvalue weighted by Gasteiger charge is -2.35. The van der Waals surface area contributed by atoms with Crippen LogP contribution in [0, 0.1) is 10.8 Å². The first-order valence-corrected chi connectivity index (χ1v) is 21.5. The molecule has 0 bridgehead atoms. The van der Waals surface area contributed by atoms with E-state index in [1.54, 1.807) is 9.80 Å². The number of likely N-dealkylation sites (tertiary alicyclic amines) is 2. The summed E-state index contributed by atoms with van der Waals surface area (Å²) in [6, 6.07) is 5.51. The Kier molecular flexibility index (Phi) is 11.4. The van der Waals surface area contributed by atoms with Crippen molar-refractivity contribution in [3.8, 4) is 45.1 Å². The van der Waals surface area contributed by atoms with Gasteiger partial charge in [0.25, 0.3) is 0 Å². The van der Waals surface area contributed by atoms with Gasteiger partial charge in [0.1, 0.15) is 70.1 Å². The third-order valence-electron chi connectivity index (χ3n) is 12.1. The quantitative estimate of drug-likeness (QED) is 0.134. The van der Waals surface area contributed by atoms with Crippen LogP contribution in [0.5, 0.6) is 11.5 Å². The first-order chi connectivity index (χ1) is 29.4. The van der Waals surface area contributed by atoms with Gasteiger partial charge in [-0.1, -0.05) is 64.7 Å². The van der Waals surface area contributed by atoms with E-state index < -0.39 is 35.1 Å². The number of aromatic amines is 2. The standard InChI is InChI=1S/C44H52Cl2N8O8/c1-43(2,3)33(49-41(57)59-7)39(55)53-13-9-11-25(53)37-47-31(35(45)51-37)21-15-23-19-62-28-18-22(16-24-20-61-27(17-21)29(23)30(24)28)32-36(46)52-38(48-32)26-12-10-14-54(26)40(56)34(44(4,5)6)50-42(58)60-8/h15-18,25-26,33-34H,9-14,19-20H2,1-8H3,(H,47,51)(H,48,52)(H,49,57)(H,50,58)/t25-,26-,33+,34+/m0/s1. The van der Waals surface area contributed by atoms with Crippen LogP contribution >= 0.6 is 23.2 Å². The fraction of sp³-hybridized carbons (Fsp3) is 0.500. The number of aromatic nitrogens is 4. The van der Waals surface area contributed by atoms with Crippen LogP contribution in [-0.2, 0) is 32.3 Å². The maximum absolute atomic E-state index is 13.9. The zero-order valence-corrected chi connectivity index (χ0v) is 37.6. The Bertz CT molecular complexity index is 2230. The zero-order chi connectivity index (χ0) is 44.4. The summed E-state index contributed by atoms with van der Waals surface area (Å²) in [4.78, 5) is 72.2. The molecule has 16 nitrogen and oxygen atoms in total. The number of nitrogens with zero attached hydrogens (tertiary/aromatic N) is 4. The average molecular weight is 892 g/mol. The average Bonchev–Trinajstić information content (AvgIpc) is 4.06. The molecule has 4 aromatic rings. The molecular weight excluding hydrogens is 839 g/mol. The highest BCUT2D eigenvalue weighted by Gasteiger charge is 2.43. The second-order valence-electron chi connectivity index (χ2n) is 18.4. The molecule has 4 aliphatic rings. The van der Waals surface area contributed by atoms with E-state index in [1.807, 2.05) is 65.8 Å². The molecule has 0 unspecified atom stereocenters. The summed E-state index contributed by atoms with van der Waals surface area (Å²) < 4.78 is 22.5. The second-order valence-corrected chi connectivity index (χ2v) is 19.2. The Morgan fingerprint density at radius 1 is 0.694 bits per heavy atom. The highest BCUT2D eigenvalue weighted by Crippen LogP contribution is 2.52. The van der Waals surface area contributed by atoms with Gasteiger partial charge in [-0.3, -0.25) is 9.59 Å². The number of H-pyrrole nitrogens is 2. The molecule has 6 heterocycles. The maximum atomic E-state index is 13.9. The molecule has 2 saturated heterocycles. The lowest BCUT2D eigenvalue weighted by Crippen LogP contribution is -2.54. The van der Waals surface area contributed by atoms with E-state index in [0.29, 0.717) is 70.8 Å². The van der Waals surface area contributed by atoms with Crippen molar-refractivity contribution in [2.45, 2.75) is 105 Å². The second kappa shape index (κ2) is 16.3. The molecular formula is C44H52Cl2N8O8. The largest absolute Gasteiger partial charge is 0.488 e. The molecule has 62 heavy (non-hydrogen) atoms. The predicted molar refractivity (Wildman–Crippen MR) is 231 cm³/mol. The predicted octanol–water partition coefficient (Wildman–Crippen LogP) is 8.09. The van der Waals surface area contributed by atoms with Crippen molar-refractivity contribution < 1.29 is 38.1 Å². The van der Waals surface area contributed by atoms with E-state index in [1.165, 1.54) is 14.2 Å².